The van der Waals surface area contributed by atoms with E-state index in [0.717, 1.165) is 6.61 Å². The number of piperidine rings is 2. The first-order chi connectivity index (χ1) is 20.1. The Morgan fingerprint density at radius 3 is 1.48 bits per heavy atom. The van der Waals surface area contributed by atoms with Gasteiger partial charge in [0.1, 0.15) is 6.54 Å². The van der Waals surface area contributed by atoms with E-state index in [1.165, 1.54) is 93.3 Å². The zero-order valence-corrected chi connectivity index (χ0v) is 27.4. The van der Waals surface area contributed by atoms with Gasteiger partial charge in [-0.05, 0) is 51.5 Å². The van der Waals surface area contributed by atoms with Crippen LogP contribution in [0.5, 0.6) is 0 Å². The van der Waals surface area contributed by atoms with E-state index in [1.807, 2.05) is 0 Å². The van der Waals surface area contributed by atoms with E-state index in [1.54, 1.807) is 21.3 Å². The third-order valence-corrected chi connectivity index (χ3v) is 7.45. The first kappa shape index (κ1) is 42.5. The molecule has 0 aromatic heterocycles. The molecule has 0 spiro atoms. The minimum absolute atomic E-state index is 0.0519. The summed E-state index contributed by atoms with van der Waals surface area (Å²) in [6.45, 7) is 18.4. The van der Waals surface area contributed by atoms with Gasteiger partial charge in [-0.25, -0.2) is 0 Å². The molecule has 2 aliphatic rings. The highest BCUT2D eigenvalue weighted by Gasteiger charge is 2.26. The van der Waals surface area contributed by atoms with Gasteiger partial charge >= 0.3 is 0 Å². The Bertz CT molecular complexity index is 614. The van der Waals surface area contributed by atoms with E-state index in [2.05, 4.69) is 36.1 Å². The molecule has 2 rings (SSSR count). The quantitative estimate of drug-likeness (QED) is 0.128. The Kier molecular flexibility index (Phi) is 29.8. The van der Waals surface area contributed by atoms with Crippen molar-refractivity contribution in [1.29, 1.82) is 0 Å². The predicted molar refractivity (Wildman–Crippen MR) is 161 cm³/mol. The number of rotatable bonds is 18. The Morgan fingerprint density at radius 2 is 1.12 bits per heavy atom. The number of carbonyl (C=O) groups excluding carboxylic acids is 2. The Hall–Kier alpha value is -1.60. The lowest BCUT2D eigenvalue weighted by molar-refractivity contribution is -0.925. The summed E-state index contributed by atoms with van der Waals surface area (Å²) < 4.78 is 26.6. The summed E-state index contributed by atoms with van der Waals surface area (Å²) >= 11 is 0. The Labute approximate surface area is 255 Å². The highest BCUT2D eigenvalue weighted by Crippen LogP contribution is 2.18. The minimum Gasteiger partial charge on any atom is -0.550 e. The van der Waals surface area contributed by atoms with Crippen LogP contribution in [0, 0.1) is 0 Å². The second-order valence-electron chi connectivity index (χ2n) is 10.9. The molecule has 0 bridgehead atoms. The predicted octanol–water partition coefficient (Wildman–Crippen LogP) is 1.04. The summed E-state index contributed by atoms with van der Waals surface area (Å²) in [5.41, 5.74) is 0. The number of carboxylic acid groups (broad SMARTS) is 2. The van der Waals surface area contributed by atoms with E-state index >= 15 is 0 Å². The van der Waals surface area contributed by atoms with Gasteiger partial charge in [0.05, 0.1) is 92.6 Å². The number of quaternary nitrogens is 2. The maximum absolute atomic E-state index is 9.81. The third-order valence-electron chi connectivity index (χ3n) is 7.45. The molecule has 0 saturated carbocycles. The SMILES string of the molecule is C=CC[N+]1(CC)CCCCC1.COCCOCCC(=O)[O-].COCCOCCC(=O)[O-].COCC[N+]1(C)CCCCC1. The third kappa shape index (κ3) is 27.2. The first-order valence-corrected chi connectivity index (χ1v) is 15.5. The molecule has 0 aromatic carbocycles. The summed E-state index contributed by atoms with van der Waals surface area (Å²) in [4.78, 5) is 19.6. The standard InChI is InChI=1S/C10H20N.C9H20NO.2C6H12O4/c1-3-8-11(4-2)9-6-5-7-10-11;1-10(8-9-11-2)6-4-3-5-7-10;2*1-9-4-5-10-3-2-6(7)8/h3H,1,4-10H2,2H3;3-9H2,1-2H3;2*2-5H2,1H3,(H,7,8)/q2*+1;;/p-2. The van der Waals surface area contributed by atoms with Crippen LogP contribution in [0.4, 0.5) is 0 Å². The van der Waals surface area contributed by atoms with Gasteiger partial charge in [-0.15, -0.1) is 0 Å². The lowest BCUT2D eigenvalue weighted by Crippen LogP contribution is -2.51. The van der Waals surface area contributed by atoms with Gasteiger partial charge in [0.25, 0.3) is 0 Å². The summed E-state index contributed by atoms with van der Waals surface area (Å²) in [7, 11) is 7.25. The molecule has 11 nitrogen and oxygen atoms in total. The number of nitrogens with zero attached hydrogens (tertiary/aromatic N) is 2. The molecule has 0 N–H and O–H groups in total. The zero-order valence-electron chi connectivity index (χ0n) is 27.4. The molecule has 2 fully saturated rings. The molecule has 42 heavy (non-hydrogen) atoms. The molecule has 0 unspecified atom stereocenters. The van der Waals surface area contributed by atoms with E-state index in [-0.39, 0.29) is 26.1 Å². The van der Waals surface area contributed by atoms with Crippen LogP contribution >= 0.6 is 0 Å². The number of carboxylic acids is 2. The first-order valence-electron chi connectivity index (χ1n) is 15.5. The highest BCUT2D eigenvalue weighted by atomic mass is 16.5. The van der Waals surface area contributed by atoms with Crippen LogP contribution in [-0.2, 0) is 33.3 Å². The number of carbonyl (C=O) groups is 2. The van der Waals surface area contributed by atoms with Crippen LogP contribution in [0.1, 0.15) is 58.3 Å². The van der Waals surface area contributed by atoms with Gasteiger partial charge in [-0.2, -0.15) is 0 Å². The highest BCUT2D eigenvalue weighted by molar-refractivity contribution is 5.64. The van der Waals surface area contributed by atoms with Crippen LogP contribution in [0.3, 0.4) is 0 Å². The van der Waals surface area contributed by atoms with Gasteiger partial charge in [-0.3, -0.25) is 0 Å². The van der Waals surface area contributed by atoms with Gasteiger partial charge in [0.2, 0.25) is 0 Å². The maximum atomic E-state index is 9.81. The number of aliphatic carboxylic acids is 2. The van der Waals surface area contributed by atoms with E-state index in [0.29, 0.717) is 26.4 Å². The molecule has 0 aliphatic carbocycles. The summed E-state index contributed by atoms with van der Waals surface area (Å²) in [5, 5.41) is 19.6. The number of hydrogen-bond acceptors (Lipinski definition) is 9. The fourth-order valence-corrected chi connectivity index (χ4v) is 4.70. The van der Waals surface area contributed by atoms with Crippen molar-refractivity contribution in [2.24, 2.45) is 0 Å². The number of likely N-dealkylation sites (N-methyl/N-ethyl adjacent to an activating group) is 2. The molecule has 0 aromatic rings. The molecule has 250 valence electrons. The number of hydrogen-bond donors (Lipinski definition) is 0. The maximum Gasteiger partial charge on any atom is 0.102 e. The number of likely N-dealkylation sites (tertiary alicyclic amines) is 2. The number of methoxy groups -OCH3 is 3. The van der Waals surface area contributed by atoms with Gasteiger partial charge in [0, 0.05) is 46.1 Å². The van der Waals surface area contributed by atoms with E-state index in [4.69, 9.17) is 14.2 Å². The molecule has 2 aliphatic heterocycles. The summed E-state index contributed by atoms with van der Waals surface area (Å²) in [6.07, 6.45) is 10.5. The molecule has 2 heterocycles. The fourth-order valence-electron chi connectivity index (χ4n) is 4.70. The van der Waals surface area contributed by atoms with Crippen molar-refractivity contribution in [1.82, 2.24) is 0 Å². The lowest BCUT2D eigenvalue weighted by atomic mass is 10.1. The van der Waals surface area contributed by atoms with Crippen LogP contribution in [0.25, 0.3) is 0 Å². The Balaban J connectivity index is 0. The fraction of sp³-hybridized carbons (Fsp3) is 0.871. The van der Waals surface area contributed by atoms with Gasteiger partial charge in [-0.1, -0.05) is 6.58 Å². The number of ether oxygens (including phenoxy) is 5. The molecular weight excluding hydrogens is 544 g/mol. The molecule has 0 amide bonds. The molecular formula is C31H62N2O9. The average molecular weight is 607 g/mol. The summed E-state index contributed by atoms with van der Waals surface area (Å²) in [5.74, 6) is -2.17. The van der Waals surface area contributed by atoms with Crippen LogP contribution < -0.4 is 10.2 Å². The molecule has 0 radical (unpaired) electrons. The Morgan fingerprint density at radius 1 is 0.690 bits per heavy atom. The monoisotopic (exact) mass is 606 g/mol. The minimum atomic E-state index is -1.09. The molecule has 0 atom stereocenters. The second kappa shape index (κ2) is 29.5. The van der Waals surface area contributed by atoms with Crippen molar-refractivity contribution in [2.75, 3.05) is 120 Å². The van der Waals surface area contributed by atoms with Crippen LogP contribution in [0.15, 0.2) is 12.7 Å². The second-order valence-corrected chi connectivity index (χ2v) is 10.9. The normalized spacial score (nSPS) is 16.8. The van der Waals surface area contributed by atoms with Crippen LogP contribution in [-0.4, -0.2) is 141 Å². The molecule has 2 saturated heterocycles. The van der Waals surface area contributed by atoms with Crippen molar-refractivity contribution in [3.63, 3.8) is 0 Å². The van der Waals surface area contributed by atoms with E-state index in [9.17, 15) is 19.8 Å². The largest absolute Gasteiger partial charge is 0.550 e. The van der Waals surface area contributed by atoms with Gasteiger partial charge in [0.15, 0.2) is 0 Å². The van der Waals surface area contributed by atoms with Crippen LogP contribution in [0.2, 0.25) is 0 Å². The summed E-state index contributed by atoms with van der Waals surface area (Å²) in [6, 6.07) is 0. The van der Waals surface area contributed by atoms with Crippen molar-refractivity contribution in [3.8, 4) is 0 Å². The lowest BCUT2D eigenvalue weighted by Gasteiger charge is -2.39. The topological polar surface area (TPSA) is 126 Å². The van der Waals surface area contributed by atoms with Crippen molar-refractivity contribution < 1.29 is 52.5 Å². The van der Waals surface area contributed by atoms with Gasteiger partial charge < -0.3 is 52.5 Å². The van der Waals surface area contributed by atoms with E-state index < -0.39 is 11.9 Å². The van der Waals surface area contributed by atoms with Crippen molar-refractivity contribution >= 4 is 11.9 Å². The average Bonchev–Trinajstić information content (AvgIpc) is 2.98. The van der Waals surface area contributed by atoms with Crippen molar-refractivity contribution in [2.45, 2.75) is 58.3 Å². The zero-order chi connectivity index (χ0) is 32.0. The molecule has 11 heteroatoms. The van der Waals surface area contributed by atoms with Crippen molar-refractivity contribution in [3.05, 3.63) is 12.7 Å². The smallest absolute Gasteiger partial charge is 0.102 e.